The maximum atomic E-state index is 9.25. The van der Waals surface area contributed by atoms with Crippen molar-refractivity contribution in [3.05, 3.63) is 50.9 Å². The minimum Gasteiger partial charge on any atom is -0.396 e. The largest absolute Gasteiger partial charge is 0.396 e. The van der Waals surface area contributed by atoms with Crippen molar-refractivity contribution in [1.82, 2.24) is 9.55 Å². The molecule has 5 nitrogen and oxygen atoms in total. The number of pyridine rings is 1. The Morgan fingerprint density at radius 2 is 2.03 bits per heavy atom. The lowest BCUT2D eigenvalue weighted by Crippen LogP contribution is -2.32. The van der Waals surface area contributed by atoms with E-state index in [0.717, 1.165) is 37.6 Å². The highest BCUT2D eigenvalue weighted by Crippen LogP contribution is 2.43. The molecule has 5 rings (SSSR count). The molecule has 2 aliphatic rings. The number of aliphatic hydroxyl groups excluding tert-OH is 1. The van der Waals surface area contributed by atoms with Gasteiger partial charge >= 0.3 is 0 Å². The van der Waals surface area contributed by atoms with Crippen LogP contribution >= 0.6 is 34.2 Å². The third-order valence-corrected chi connectivity index (χ3v) is 7.37. The fourth-order valence-electron chi connectivity index (χ4n) is 4.34. The van der Waals surface area contributed by atoms with Gasteiger partial charge < -0.3 is 19.5 Å². The van der Waals surface area contributed by atoms with Crippen LogP contribution in [0.1, 0.15) is 31.4 Å². The maximum Gasteiger partial charge on any atom is 0.0911 e. The van der Waals surface area contributed by atoms with Crippen LogP contribution in [0, 0.1) is 3.57 Å². The number of hydrogen-bond donors (Lipinski definition) is 1. The van der Waals surface area contributed by atoms with E-state index in [1.807, 2.05) is 18.5 Å². The van der Waals surface area contributed by atoms with Gasteiger partial charge in [0, 0.05) is 39.4 Å². The Kier molecular flexibility index (Phi) is 5.34. The van der Waals surface area contributed by atoms with E-state index in [9.17, 15) is 5.11 Å². The SMILES string of the molecule is OCCCCn1c(CN2CN(C3CC3)c3ccncc32)c(I)c2ccc(Cl)cc21. The number of aryl methyl sites for hydroxylation is 1. The van der Waals surface area contributed by atoms with Crippen LogP contribution in [0.5, 0.6) is 0 Å². The Labute approximate surface area is 189 Å². The zero-order chi connectivity index (χ0) is 20.0. The molecule has 0 atom stereocenters. The molecule has 0 spiro atoms. The van der Waals surface area contributed by atoms with Crippen molar-refractivity contribution in [3.63, 3.8) is 0 Å². The molecule has 2 aromatic heterocycles. The summed E-state index contributed by atoms with van der Waals surface area (Å²) in [5, 5.41) is 11.3. The highest BCUT2D eigenvalue weighted by Gasteiger charge is 2.37. The van der Waals surface area contributed by atoms with Crippen LogP contribution in [-0.2, 0) is 13.1 Å². The number of hydrogen-bond acceptors (Lipinski definition) is 4. The van der Waals surface area contributed by atoms with Gasteiger partial charge in [0.05, 0.1) is 42.0 Å². The molecule has 1 aliphatic carbocycles. The number of halogens is 2. The molecule has 1 saturated carbocycles. The third-order valence-electron chi connectivity index (χ3n) is 5.94. The minimum atomic E-state index is 0.230. The van der Waals surface area contributed by atoms with Crippen LogP contribution in [0.4, 0.5) is 11.4 Å². The first-order valence-corrected chi connectivity index (χ1v) is 11.7. The number of unbranched alkanes of at least 4 members (excludes halogenated alkanes) is 1. The van der Waals surface area contributed by atoms with Gasteiger partial charge in [-0.3, -0.25) is 4.98 Å². The number of rotatable bonds is 7. The van der Waals surface area contributed by atoms with Crippen LogP contribution in [0.15, 0.2) is 36.7 Å². The zero-order valence-corrected chi connectivity index (χ0v) is 19.1. The van der Waals surface area contributed by atoms with Crippen LogP contribution < -0.4 is 9.80 Å². The lowest BCUT2D eigenvalue weighted by Gasteiger charge is -2.23. The molecule has 1 fully saturated rings. The van der Waals surface area contributed by atoms with Gasteiger partial charge in [-0.25, -0.2) is 0 Å². The topological polar surface area (TPSA) is 44.5 Å². The molecule has 3 aromatic rings. The van der Waals surface area contributed by atoms with Gasteiger partial charge in [-0.2, -0.15) is 0 Å². The van der Waals surface area contributed by atoms with Gasteiger partial charge in [-0.1, -0.05) is 17.7 Å². The van der Waals surface area contributed by atoms with E-state index in [0.29, 0.717) is 6.04 Å². The van der Waals surface area contributed by atoms with E-state index in [1.165, 1.54) is 44.4 Å². The lowest BCUT2D eigenvalue weighted by atomic mass is 10.2. The van der Waals surface area contributed by atoms with Gasteiger partial charge in [-0.05, 0) is 66.5 Å². The van der Waals surface area contributed by atoms with Crippen molar-refractivity contribution in [2.45, 2.75) is 44.8 Å². The number of aliphatic hydroxyl groups is 1. The summed E-state index contributed by atoms with van der Waals surface area (Å²) in [6.45, 7) is 2.87. The average Bonchev–Trinajstić information content (AvgIpc) is 3.46. The van der Waals surface area contributed by atoms with Crippen LogP contribution in [-0.4, -0.2) is 34.0 Å². The summed E-state index contributed by atoms with van der Waals surface area (Å²) >= 11 is 8.81. The highest BCUT2D eigenvalue weighted by molar-refractivity contribution is 14.1. The summed E-state index contributed by atoms with van der Waals surface area (Å²) in [7, 11) is 0. The molecule has 0 radical (unpaired) electrons. The van der Waals surface area contributed by atoms with E-state index in [2.05, 4.69) is 60.1 Å². The Bertz CT molecular complexity index is 1050. The van der Waals surface area contributed by atoms with E-state index in [-0.39, 0.29) is 6.61 Å². The molecule has 1 aliphatic heterocycles. The third kappa shape index (κ3) is 3.59. The second-order valence-corrected chi connectivity index (χ2v) is 9.42. The summed E-state index contributed by atoms with van der Waals surface area (Å²) < 4.78 is 3.68. The number of aromatic nitrogens is 2. The molecule has 0 saturated heterocycles. The summed E-state index contributed by atoms with van der Waals surface area (Å²) in [6, 6.07) is 8.99. The standard InChI is InChI=1S/C22H24ClIN4O/c23-15-3-6-17-19(11-15)27(9-1-2-10-29)21(22(17)24)13-26-14-28(16-4-5-16)18-7-8-25-12-20(18)26/h3,6-8,11-12,16,29H,1-2,4-5,9-10,13-14H2. The number of anilines is 2. The molecule has 152 valence electrons. The van der Waals surface area contributed by atoms with Crippen molar-refractivity contribution in [2.24, 2.45) is 0 Å². The first-order chi connectivity index (χ1) is 14.2. The zero-order valence-electron chi connectivity index (χ0n) is 16.2. The number of fused-ring (bicyclic) bond motifs is 2. The van der Waals surface area contributed by atoms with Crippen molar-refractivity contribution < 1.29 is 5.11 Å². The fraction of sp³-hybridized carbons (Fsp3) is 0.409. The Balaban J connectivity index is 1.53. The number of benzene rings is 1. The van der Waals surface area contributed by atoms with Gasteiger partial charge in [0.25, 0.3) is 0 Å². The van der Waals surface area contributed by atoms with Crippen molar-refractivity contribution in [1.29, 1.82) is 0 Å². The second-order valence-electron chi connectivity index (χ2n) is 7.91. The predicted molar refractivity (Wildman–Crippen MR) is 127 cm³/mol. The fourth-order valence-corrected chi connectivity index (χ4v) is 5.43. The highest BCUT2D eigenvalue weighted by atomic mass is 127. The molecule has 29 heavy (non-hydrogen) atoms. The molecule has 0 bridgehead atoms. The molecule has 1 N–H and O–H groups in total. The quantitative estimate of drug-likeness (QED) is 0.350. The minimum absolute atomic E-state index is 0.230. The van der Waals surface area contributed by atoms with Crippen molar-refractivity contribution in [3.8, 4) is 0 Å². The van der Waals surface area contributed by atoms with E-state index in [4.69, 9.17) is 11.6 Å². The maximum absolute atomic E-state index is 9.25. The molecular formula is C22H24ClIN4O. The summed E-state index contributed by atoms with van der Waals surface area (Å²) in [6.07, 6.45) is 8.22. The van der Waals surface area contributed by atoms with E-state index in [1.54, 1.807) is 0 Å². The first-order valence-electron chi connectivity index (χ1n) is 10.2. The summed E-state index contributed by atoms with van der Waals surface area (Å²) in [5.41, 5.74) is 5.02. The Hall–Kier alpha value is -1.51. The molecule has 0 amide bonds. The van der Waals surface area contributed by atoms with Crippen molar-refractivity contribution in [2.75, 3.05) is 23.1 Å². The molecule has 3 heterocycles. The van der Waals surface area contributed by atoms with Gasteiger partial charge in [0.2, 0.25) is 0 Å². The molecular weight excluding hydrogens is 499 g/mol. The van der Waals surface area contributed by atoms with Crippen LogP contribution in [0.2, 0.25) is 5.02 Å². The lowest BCUT2D eigenvalue weighted by molar-refractivity contribution is 0.281. The Morgan fingerprint density at radius 1 is 1.17 bits per heavy atom. The monoisotopic (exact) mass is 522 g/mol. The normalized spacial score (nSPS) is 16.1. The predicted octanol–water partition coefficient (Wildman–Crippen LogP) is 5.01. The molecule has 0 unspecified atom stereocenters. The second kappa shape index (κ2) is 7.96. The van der Waals surface area contributed by atoms with E-state index < -0.39 is 0 Å². The first kappa shape index (κ1) is 19.5. The molecule has 7 heteroatoms. The van der Waals surface area contributed by atoms with E-state index >= 15 is 0 Å². The summed E-state index contributed by atoms with van der Waals surface area (Å²) in [4.78, 5) is 9.37. The van der Waals surface area contributed by atoms with Crippen LogP contribution in [0.3, 0.4) is 0 Å². The van der Waals surface area contributed by atoms with Gasteiger partial charge in [0.15, 0.2) is 0 Å². The van der Waals surface area contributed by atoms with Gasteiger partial charge in [-0.15, -0.1) is 0 Å². The van der Waals surface area contributed by atoms with Crippen molar-refractivity contribution >= 4 is 56.5 Å². The smallest absolute Gasteiger partial charge is 0.0911 e. The summed E-state index contributed by atoms with van der Waals surface area (Å²) in [5.74, 6) is 0. The Morgan fingerprint density at radius 3 is 2.83 bits per heavy atom. The molecule has 1 aromatic carbocycles. The van der Waals surface area contributed by atoms with Crippen LogP contribution in [0.25, 0.3) is 10.9 Å². The van der Waals surface area contributed by atoms with Gasteiger partial charge in [0.1, 0.15) is 0 Å². The average molecular weight is 523 g/mol. The number of nitrogens with zero attached hydrogens (tertiary/aromatic N) is 4.